The van der Waals surface area contributed by atoms with Crippen LogP contribution in [0.2, 0.25) is 0 Å². The lowest BCUT2D eigenvalue weighted by atomic mass is 10.1. The number of pyridine rings is 1. The molecule has 1 N–H and O–H groups in total. The molecule has 25 heavy (non-hydrogen) atoms. The van der Waals surface area contributed by atoms with Crippen molar-refractivity contribution in [2.24, 2.45) is 0 Å². The van der Waals surface area contributed by atoms with Crippen molar-refractivity contribution in [3.05, 3.63) is 95.3 Å². The van der Waals surface area contributed by atoms with E-state index in [1.54, 1.807) is 6.20 Å². The highest BCUT2D eigenvalue weighted by atomic mass is 16.1. The summed E-state index contributed by atoms with van der Waals surface area (Å²) in [7, 11) is 0. The van der Waals surface area contributed by atoms with Crippen LogP contribution in [0.25, 0.3) is 0 Å². The van der Waals surface area contributed by atoms with Gasteiger partial charge in [-0.05, 0) is 60.4 Å². The van der Waals surface area contributed by atoms with Crippen molar-refractivity contribution in [1.82, 2.24) is 4.98 Å². The Kier molecular flexibility index (Phi) is 5.23. The fraction of sp³-hybridized carbons (Fsp3) is 0.0909. The maximum atomic E-state index is 12.3. The zero-order chi connectivity index (χ0) is 17.5. The van der Waals surface area contributed by atoms with Crippen molar-refractivity contribution in [3.63, 3.8) is 0 Å². The number of nitrogens with one attached hydrogen (secondary N) is 1. The van der Waals surface area contributed by atoms with Crippen molar-refractivity contribution in [3.8, 4) is 11.8 Å². The fourth-order valence-corrected chi connectivity index (χ4v) is 2.34. The Morgan fingerprint density at radius 3 is 2.56 bits per heavy atom. The highest BCUT2D eigenvalue weighted by molar-refractivity contribution is 6.04. The third-order valence-electron chi connectivity index (χ3n) is 3.74. The van der Waals surface area contributed by atoms with Crippen LogP contribution in [-0.4, -0.2) is 10.9 Å². The van der Waals surface area contributed by atoms with Crippen LogP contribution < -0.4 is 5.32 Å². The van der Waals surface area contributed by atoms with E-state index in [2.05, 4.69) is 29.1 Å². The minimum atomic E-state index is -0.127. The number of rotatable bonds is 3. The molecule has 3 heteroatoms. The van der Waals surface area contributed by atoms with Crippen molar-refractivity contribution >= 4 is 11.6 Å². The zero-order valence-corrected chi connectivity index (χ0v) is 14.0. The van der Waals surface area contributed by atoms with Gasteiger partial charge in [-0.2, -0.15) is 0 Å². The fourth-order valence-electron chi connectivity index (χ4n) is 2.34. The molecule has 0 unspecified atom stereocenters. The van der Waals surface area contributed by atoms with Gasteiger partial charge in [0.2, 0.25) is 0 Å². The molecule has 0 aliphatic rings. The monoisotopic (exact) mass is 326 g/mol. The molecule has 1 heterocycles. The van der Waals surface area contributed by atoms with E-state index < -0.39 is 0 Å². The Morgan fingerprint density at radius 2 is 1.84 bits per heavy atom. The van der Waals surface area contributed by atoms with E-state index in [0.29, 0.717) is 11.3 Å². The van der Waals surface area contributed by atoms with E-state index in [1.165, 1.54) is 5.56 Å². The first kappa shape index (κ1) is 16.5. The van der Waals surface area contributed by atoms with Gasteiger partial charge in [-0.25, -0.2) is 4.98 Å². The molecule has 0 radical (unpaired) electrons. The summed E-state index contributed by atoms with van der Waals surface area (Å²) in [4.78, 5) is 16.5. The van der Waals surface area contributed by atoms with E-state index >= 15 is 0 Å². The van der Waals surface area contributed by atoms with E-state index in [4.69, 9.17) is 0 Å². The molecule has 0 fully saturated rings. The van der Waals surface area contributed by atoms with Crippen LogP contribution in [0.1, 0.15) is 34.1 Å². The maximum Gasteiger partial charge on any atom is 0.255 e. The second-order valence-electron chi connectivity index (χ2n) is 5.55. The molecule has 0 saturated heterocycles. The molecule has 1 amide bonds. The van der Waals surface area contributed by atoms with Gasteiger partial charge < -0.3 is 5.32 Å². The minimum Gasteiger partial charge on any atom is -0.322 e. The summed E-state index contributed by atoms with van der Waals surface area (Å²) in [6.07, 6.45) is 2.67. The predicted molar refractivity (Wildman–Crippen MR) is 100 cm³/mol. The van der Waals surface area contributed by atoms with Gasteiger partial charge in [0, 0.05) is 23.0 Å². The van der Waals surface area contributed by atoms with Crippen molar-refractivity contribution < 1.29 is 4.79 Å². The summed E-state index contributed by atoms with van der Waals surface area (Å²) in [5.74, 6) is 5.95. The third-order valence-corrected chi connectivity index (χ3v) is 3.74. The zero-order valence-electron chi connectivity index (χ0n) is 14.0. The van der Waals surface area contributed by atoms with Gasteiger partial charge in [0.25, 0.3) is 5.91 Å². The minimum absolute atomic E-state index is 0.127. The van der Waals surface area contributed by atoms with E-state index in [0.717, 1.165) is 17.7 Å². The predicted octanol–water partition coefficient (Wildman–Crippen LogP) is 4.30. The Labute approximate surface area is 147 Å². The molecule has 3 nitrogen and oxygen atoms in total. The molecule has 3 aromatic rings. The lowest BCUT2D eigenvalue weighted by Crippen LogP contribution is -2.11. The molecule has 0 spiro atoms. The number of hydrogen-bond donors (Lipinski definition) is 1. The standard InChI is InChI=1S/C22H18N2O/c1-2-17-9-12-19(13-10-17)22(25)24-21-8-5-6-18(16-21)11-14-20-7-3-4-15-23-20/h3-10,12-13,15-16H,2H2,1H3,(H,24,25). The van der Waals surface area contributed by atoms with Gasteiger partial charge in [-0.15, -0.1) is 0 Å². The van der Waals surface area contributed by atoms with Gasteiger partial charge in [-0.3, -0.25) is 4.79 Å². The largest absolute Gasteiger partial charge is 0.322 e. The summed E-state index contributed by atoms with van der Waals surface area (Å²) in [6.45, 7) is 2.09. The van der Waals surface area contributed by atoms with Crippen molar-refractivity contribution in [2.75, 3.05) is 5.32 Å². The smallest absolute Gasteiger partial charge is 0.255 e. The first-order valence-corrected chi connectivity index (χ1v) is 8.18. The van der Waals surface area contributed by atoms with E-state index in [-0.39, 0.29) is 5.91 Å². The summed E-state index contributed by atoms with van der Waals surface area (Å²) in [5, 5.41) is 2.91. The van der Waals surface area contributed by atoms with Gasteiger partial charge in [0.05, 0.1) is 0 Å². The number of carbonyl (C=O) groups is 1. The SMILES string of the molecule is CCc1ccc(C(=O)Nc2cccc(C#Cc3ccccn3)c2)cc1. The Morgan fingerprint density at radius 1 is 1.00 bits per heavy atom. The van der Waals surface area contributed by atoms with Crippen LogP contribution in [0, 0.1) is 11.8 Å². The molecule has 0 aliphatic heterocycles. The molecule has 2 aromatic carbocycles. The summed E-state index contributed by atoms with van der Waals surface area (Å²) in [5.41, 5.74) is 4.11. The first-order valence-electron chi connectivity index (χ1n) is 8.18. The Bertz CT molecular complexity index is 919. The highest BCUT2D eigenvalue weighted by Gasteiger charge is 2.06. The van der Waals surface area contributed by atoms with Crippen LogP contribution in [0.15, 0.2) is 72.9 Å². The number of amides is 1. The van der Waals surface area contributed by atoms with Crippen LogP contribution in [0.3, 0.4) is 0 Å². The second-order valence-corrected chi connectivity index (χ2v) is 5.55. The van der Waals surface area contributed by atoms with Crippen LogP contribution in [0.5, 0.6) is 0 Å². The molecule has 0 aliphatic carbocycles. The number of benzene rings is 2. The van der Waals surface area contributed by atoms with Crippen LogP contribution in [0.4, 0.5) is 5.69 Å². The third kappa shape index (κ3) is 4.55. The quantitative estimate of drug-likeness (QED) is 0.729. The van der Waals surface area contributed by atoms with Gasteiger partial charge >= 0.3 is 0 Å². The molecule has 1 aromatic heterocycles. The lowest BCUT2D eigenvalue weighted by Gasteiger charge is -2.06. The number of aromatic nitrogens is 1. The number of anilines is 1. The van der Waals surface area contributed by atoms with Crippen LogP contribution >= 0.6 is 0 Å². The molecule has 0 atom stereocenters. The average molecular weight is 326 g/mol. The molecular weight excluding hydrogens is 308 g/mol. The van der Waals surface area contributed by atoms with E-state index in [1.807, 2.05) is 66.7 Å². The Balaban J connectivity index is 1.73. The maximum absolute atomic E-state index is 12.3. The average Bonchev–Trinajstić information content (AvgIpc) is 2.67. The normalized spacial score (nSPS) is 9.80. The first-order chi connectivity index (χ1) is 12.2. The summed E-state index contributed by atoms with van der Waals surface area (Å²) in [6, 6.07) is 20.7. The van der Waals surface area contributed by atoms with Gasteiger partial charge in [0.15, 0.2) is 0 Å². The number of aryl methyl sites for hydroxylation is 1. The molecule has 0 bridgehead atoms. The number of hydrogen-bond acceptors (Lipinski definition) is 2. The van der Waals surface area contributed by atoms with Crippen LogP contribution in [-0.2, 0) is 6.42 Å². The second kappa shape index (κ2) is 7.94. The molecule has 122 valence electrons. The van der Waals surface area contributed by atoms with E-state index in [9.17, 15) is 4.79 Å². The molecule has 0 saturated carbocycles. The van der Waals surface area contributed by atoms with Gasteiger partial charge in [0.1, 0.15) is 5.69 Å². The molecular formula is C22H18N2O. The number of nitrogens with zero attached hydrogens (tertiary/aromatic N) is 1. The Hall–Kier alpha value is -3.38. The van der Waals surface area contributed by atoms with Crippen molar-refractivity contribution in [1.29, 1.82) is 0 Å². The topological polar surface area (TPSA) is 42.0 Å². The van der Waals surface area contributed by atoms with Gasteiger partial charge in [-0.1, -0.05) is 37.1 Å². The summed E-state index contributed by atoms with van der Waals surface area (Å²) >= 11 is 0. The summed E-state index contributed by atoms with van der Waals surface area (Å²) < 4.78 is 0. The number of carbonyl (C=O) groups excluding carboxylic acids is 1. The highest BCUT2D eigenvalue weighted by Crippen LogP contribution is 2.13. The lowest BCUT2D eigenvalue weighted by molar-refractivity contribution is 0.102. The van der Waals surface area contributed by atoms with Crippen molar-refractivity contribution in [2.45, 2.75) is 13.3 Å². The molecule has 3 rings (SSSR count).